The molecule has 0 aliphatic carbocycles. The van der Waals surface area contributed by atoms with Gasteiger partial charge in [-0.05, 0) is 0 Å². The molecule has 0 bridgehead atoms. The van der Waals surface area contributed by atoms with Gasteiger partial charge in [-0.1, -0.05) is 0 Å². The first-order chi connectivity index (χ1) is 7.63. The fraction of sp³-hybridized carbons (Fsp3) is 0.571. The minimum atomic E-state index is -0.697. The Labute approximate surface area is 126 Å². The Kier molecular flexibility index (Phi) is 11.9. The fourth-order valence-corrected chi connectivity index (χ4v) is 3.62. The van der Waals surface area contributed by atoms with Crippen molar-refractivity contribution in [1.29, 1.82) is 0 Å². The second-order valence-electron chi connectivity index (χ2n) is 2.29. The number of ether oxygens (including phenoxy) is 2. The number of rotatable bonds is 8. The van der Waals surface area contributed by atoms with Crippen LogP contribution in [0.4, 0.5) is 4.79 Å². The summed E-state index contributed by atoms with van der Waals surface area (Å²) in [7, 11) is 0. The number of hydrogen-bond acceptors (Lipinski definition) is 6. The minimum absolute atomic E-state index is 0.123. The summed E-state index contributed by atoms with van der Waals surface area (Å²) >= 11 is -0.965. The molecule has 0 aromatic carbocycles. The van der Waals surface area contributed by atoms with Gasteiger partial charge < -0.3 is 0 Å². The Morgan fingerprint density at radius 2 is 1.88 bits per heavy atom. The number of alkyl halides is 1. The topological polar surface area (TPSA) is 71.6 Å². The first-order valence-corrected chi connectivity index (χ1v) is 12.5. The number of hydrogen-bond donors (Lipinski definition) is 3. The van der Waals surface area contributed by atoms with Crippen LogP contribution in [0.25, 0.3) is 0 Å². The second kappa shape index (κ2) is 11.2. The number of carbonyl (C=O) groups excluding carboxylic acids is 1. The Hall–Kier alpha value is 1.08. The van der Waals surface area contributed by atoms with Gasteiger partial charge in [-0.25, -0.2) is 0 Å². The molecule has 6 nitrogen and oxygen atoms in total. The predicted octanol–water partition coefficient (Wildman–Crippen LogP) is -2.19. The van der Waals surface area contributed by atoms with Crippen molar-refractivity contribution in [3.05, 3.63) is 0 Å². The SMILES string of the molecule is C=INC(NI=C)OC(=O)OC(C)N[I-]C. The average Bonchev–Trinajstić information content (AvgIpc) is 2.18. The standard InChI is InChI=1S/C7H15I3N3O3/c1-5(11-8-2)15-7(14)16-6(12-9-3)13-10-4/h5-6,11-13H,3-4H2,1-2H3/q-1. The van der Waals surface area contributed by atoms with Gasteiger partial charge in [0.1, 0.15) is 0 Å². The first-order valence-electron chi connectivity index (χ1n) is 4.01. The van der Waals surface area contributed by atoms with Gasteiger partial charge in [0.25, 0.3) is 0 Å². The molecule has 0 aromatic heterocycles. The molecule has 0 saturated heterocycles. The first kappa shape index (κ1) is 17.1. The van der Waals surface area contributed by atoms with Gasteiger partial charge in [-0.3, -0.25) is 0 Å². The van der Waals surface area contributed by atoms with Gasteiger partial charge in [-0.15, -0.1) is 0 Å². The third-order valence-corrected chi connectivity index (χ3v) is 4.61. The van der Waals surface area contributed by atoms with Crippen LogP contribution in [0.1, 0.15) is 6.92 Å². The van der Waals surface area contributed by atoms with E-state index >= 15 is 0 Å². The third kappa shape index (κ3) is 9.15. The van der Waals surface area contributed by atoms with E-state index in [-0.39, 0.29) is 27.7 Å². The molecule has 3 N–H and O–H groups in total. The number of carbonyl (C=O) groups is 1. The van der Waals surface area contributed by atoms with Crippen molar-refractivity contribution in [2.75, 3.05) is 4.93 Å². The summed E-state index contributed by atoms with van der Waals surface area (Å²) in [6.07, 6.45) is -1.53. The molecule has 0 aromatic rings. The zero-order chi connectivity index (χ0) is 12.4. The molecule has 0 radical (unpaired) electrons. The van der Waals surface area contributed by atoms with Crippen molar-refractivity contribution in [1.82, 2.24) is 10.6 Å². The summed E-state index contributed by atoms with van der Waals surface area (Å²) < 4.78 is 26.4. The quantitative estimate of drug-likeness (QED) is 0.101. The molecule has 0 aliphatic rings. The van der Waals surface area contributed by atoms with Crippen LogP contribution in [-0.2, 0) is 9.47 Å². The Bertz CT molecular complexity index is 232. The molecule has 1 atom stereocenters. The molecule has 0 amide bonds. The van der Waals surface area contributed by atoms with E-state index in [2.05, 4.69) is 19.6 Å². The van der Waals surface area contributed by atoms with Crippen molar-refractivity contribution in [3.63, 3.8) is 0 Å². The average molecular weight is 570 g/mol. The molecular formula is C7H15I3N3O3-. The van der Waals surface area contributed by atoms with E-state index in [1.807, 2.05) is 4.93 Å². The molecule has 9 heteroatoms. The molecule has 1 unspecified atom stereocenters. The van der Waals surface area contributed by atoms with E-state index in [0.717, 1.165) is 0 Å². The molecular weight excluding hydrogens is 555 g/mol. The van der Waals surface area contributed by atoms with Gasteiger partial charge >= 0.3 is 128 Å². The van der Waals surface area contributed by atoms with E-state index in [1.165, 1.54) is 0 Å². The van der Waals surface area contributed by atoms with Crippen LogP contribution in [0.3, 0.4) is 0 Å². The normalized spacial score (nSPS) is 12.7. The summed E-state index contributed by atoms with van der Waals surface area (Å²) in [4.78, 5) is 13.4. The van der Waals surface area contributed by atoms with E-state index < -0.39 is 54.5 Å². The van der Waals surface area contributed by atoms with Gasteiger partial charge in [0.15, 0.2) is 0 Å². The summed E-state index contributed by atoms with van der Waals surface area (Å²) in [5.41, 5.74) is 0. The Balaban J connectivity index is 3.97. The maximum absolute atomic E-state index is 11.3. The molecule has 16 heavy (non-hydrogen) atoms. The molecule has 0 heterocycles. The number of halogens is 3. The fourth-order valence-electron chi connectivity index (χ4n) is 0.650. The molecule has 0 aliphatic heterocycles. The van der Waals surface area contributed by atoms with Crippen molar-refractivity contribution >= 4 is 57.2 Å². The van der Waals surface area contributed by atoms with E-state index in [0.29, 0.717) is 0 Å². The van der Waals surface area contributed by atoms with E-state index in [9.17, 15) is 4.79 Å². The third-order valence-electron chi connectivity index (χ3n) is 1.10. The Morgan fingerprint density at radius 3 is 2.31 bits per heavy atom. The van der Waals surface area contributed by atoms with Crippen LogP contribution in [0.5, 0.6) is 0 Å². The van der Waals surface area contributed by atoms with Crippen molar-refractivity contribution in [2.45, 2.75) is 19.5 Å². The van der Waals surface area contributed by atoms with Crippen LogP contribution in [-0.4, -0.2) is 32.7 Å². The van der Waals surface area contributed by atoms with Crippen molar-refractivity contribution in [2.24, 2.45) is 0 Å². The zero-order valence-corrected chi connectivity index (χ0v) is 15.4. The van der Waals surface area contributed by atoms with Gasteiger partial charge in [0, 0.05) is 0 Å². The summed E-state index contributed by atoms with van der Waals surface area (Å²) in [5.74, 6) is 0. The summed E-state index contributed by atoms with van der Waals surface area (Å²) in [6.45, 7) is 1.77. The summed E-state index contributed by atoms with van der Waals surface area (Å²) in [5, 5.41) is 0. The molecule has 0 spiro atoms. The molecule has 0 saturated carbocycles. The van der Waals surface area contributed by atoms with Crippen LogP contribution in [0.2, 0.25) is 0 Å². The molecule has 0 fully saturated rings. The summed E-state index contributed by atoms with van der Waals surface area (Å²) in [6, 6.07) is 0. The van der Waals surface area contributed by atoms with Crippen molar-refractivity contribution in [3.8, 4) is 0 Å². The maximum atomic E-state index is 11.3. The zero-order valence-electron chi connectivity index (χ0n) is 8.93. The second-order valence-corrected chi connectivity index (χ2v) is 6.76. The van der Waals surface area contributed by atoms with Crippen LogP contribution in [0.15, 0.2) is 0 Å². The van der Waals surface area contributed by atoms with E-state index in [1.54, 1.807) is 6.92 Å². The van der Waals surface area contributed by atoms with Gasteiger partial charge in [0.05, 0.1) is 0 Å². The molecule has 98 valence electrons. The van der Waals surface area contributed by atoms with Crippen LogP contribution in [0, 0.1) is 0 Å². The van der Waals surface area contributed by atoms with Crippen molar-refractivity contribution < 1.29 is 35.7 Å². The van der Waals surface area contributed by atoms with E-state index in [4.69, 9.17) is 9.47 Å². The van der Waals surface area contributed by atoms with Crippen LogP contribution >= 0.6 is 42.0 Å². The number of nitrogens with one attached hydrogen (secondary N) is 3. The predicted molar refractivity (Wildman–Crippen MR) is 78.4 cm³/mol. The van der Waals surface area contributed by atoms with Gasteiger partial charge in [0.2, 0.25) is 0 Å². The van der Waals surface area contributed by atoms with Crippen LogP contribution < -0.4 is 32.1 Å². The molecule has 0 rings (SSSR count). The Morgan fingerprint density at radius 1 is 1.31 bits per heavy atom. The van der Waals surface area contributed by atoms with Gasteiger partial charge in [-0.2, -0.15) is 0 Å². The monoisotopic (exact) mass is 570 g/mol.